The van der Waals surface area contributed by atoms with Crippen LogP contribution >= 0.6 is 11.6 Å². The summed E-state index contributed by atoms with van der Waals surface area (Å²) in [6.07, 6.45) is 0.985. The number of hydrogen-bond donors (Lipinski definition) is 2. The fourth-order valence-corrected chi connectivity index (χ4v) is 5.18. The third-order valence-corrected chi connectivity index (χ3v) is 6.91. The molecule has 9 heteroatoms. The van der Waals surface area contributed by atoms with Crippen molar-refractivity contribution in [3.8, 4) is 0 Å². The van der Waals surface area contributed by atoms with Crippen molar-refractivity contribution < 1.29 is 18.0 Å². The molecule has 1 aliphatic heterocycles. The van der Waals surface area contributed by atoms with E-state index in [2.05, 4.69) is 10.6 Å². The summed E-state index contributed by atoms with van der Waals surface area (Å²) in [5.74, 6) is -0.938. The van der Waals surface area contributed by atoms with Crippen LogP contribution in [0.1, 0.15) is 18.4 Å². The number of nitrogens with zero attached hydrogens (tertiary/aromatic N) is 1. The Balaban J connectivity index is 1.62. The minimum absolute atomic E-state index is 0.145. The molecule has 1 unspecified atom stereocenters. The van der Waals surface area contributed by atoms with Gasteiger partial charge in [-0.25, -0.2) is 8.42 Å². The molecule has 1 saturated heterocycles. The molecule has 7 nitrogen and oxygen atoms in total. The van der Waals surface area contributed by atoms with Crippen LogP contribution in [0.25, 0.3) is 0 Å². The maximum atomic E-state index is 12.8. The highest BCUT2D eigenvalue weighted by Crippen LogP contribution is 2.26. The minimum atomic E-state index is -3.78. The van der Waals surface area contributed by atoms with Crippen LogP contribution in [0.5, 0.6) is 0 Å². The van der Waals surface area contributed by atoms with E-state index in [0.717, 1.165) is 5.56 Å². The molecule has 0 spiro atoms. The van der Waals surface area contributed by atoms with E-state index in [1.165, 1.54) is 16.4 Å². The molecule has 0 radical (unpaired) electrons. The molecule has 2 aromatic carbocycles. The molecule has 1 atom stereocenters. The summed E-state index contributed by atoms with van der Waals surface area (Å²) in [4.78, 5) is 24.9. The third kappa shape index (κ3) is 4.95. The monoisotopic (exact) mass is 435 g/mol. The van der Waals surface area contributed by atoms with Gasteiger partial charge >= 0.3 is 0 Å². The summed E-state index contributed by atoms with van der Waals surface area (Å²) in [7, 11) is -3.78. The van der Waals surface area contributed by atoms with Gasteiger partial charge in [0.15, 0.2) is 0 Å². The van der Waals surface area contributed by atoms with E-state index in [1.54, 1.807) is 30.3 Å². The molecule has 1 heterocycles. The van der Waals surface area contributed by atoms with Crippen LogP contribution in [0.15, 0.2) is 53.4 Å². The lowest BCUT2D eigenvalue weighted by molar-refractivity contribution is -0.126. The van der Waals surface area contributed by atoms with Crippen molar-refractivity contribution in [1.82, 2.24) is 9.62 Å². The summed E-state index contributed by atoms with van der Waals surface area (Å²) >= 11 is 6.09. The molecule has 3 rings (SSSR count). The topological polar surface area (TPSA) is 95.6 Å². The Kier molecular flexibility index (Phi) is 6.56. The van der Waals surface area contributed by atoms with E-state index in [4.69, 9.17) is 11.6 Å². The van der Waals surface area contributed by atoms with Gasteiger partial charge in [0.25, 0.3) is 0 Å². The van der Waals surface area contributed by atoms with Crippen LogP contribution in [-0.4, -0.2) is 43.7 Å². The molecule has 0 aromatic heterocycles. The number of aryl methyl sites for hydroxylation is 1. The SMILES string of the molecule is Cc1ccc(NC(=O)CNC(=O)C2CCCN2S(=O)(=O)c2ccccc2)c(Cl)c1. The number of amides is 2. The average molecular weight is 436 g/mol. The predicted octanol–water partition coefficient (Wildman–Crippen LogP) is 2.56. The number of anilines is 1. The van der Waals surface area contributed by atoms with Crippen molar-refractivity contribution in [2.24, 2.45) is 0 Å². The van der Waals surface area contributed by atoms with Crippen LogP contribution in [0.3, 0.4) is 0 Å². The zero-order valence-corrected chi connectivity index (χ0v) is 17.5. The molecule has 154 valence electrons. The zero-order valence-electron chi connectivity index (χ0n) is 15.9. The van der Waals surface area contributed by atoms with Crippen molar-refractivity contribution in [3.63, 3.8) is 0 Å². The summed E-state index contributed by atoms with van der Waals surface area (Å²) < 4.78 is 26.9. The molecule has 1 fully saturated rings. The number of carbonyl (C=O) groups excluding carboxylic acids is 2. The highest BCUT2D eigenvalue weighted by atomic mass is 35.5. The van der Waals surface area contributed by atoms with Crippen molar-refractivity contribution in [2.45, 2.75) is 30.7 Å². The summed E-state index contributed by atoms with van der Waals surface area (Å²) in [6.45, 7) is 1.87. The van der Waals surface area contributed by atoms with Crippen LogP contribution in [0.4, 0.5) is 5.69 Å². The Bertz CT molecular complexity index is 1010. The van der Waals surface area contributed by atoms with Crippen LogP contribution in [0, 0.1) is 6.92 Å². The number of nitrogens with one attached hydrogen (secondary N) is 2. The lowest BCUT2D eigenvalue weighted by Crippen LogP contribution is -2.47. The second-order valence-corrected chi connectivity index (χ2v) is 9.13. The molecule has 0 aliphatic carbocycles. The van der Waals surface area contributed by atoms with Gasteiger partial charge in [0.05, 0.1) is 22.2 Å². The van der Waals surface area contributed by atoms with E-state index in [0.29, 0.717) is 23.6 Å². The van der Waals surface area contributed by atoms with E-state index in [1.807, 2.05) is 13.0 Å². The first-order chi connectivity index (χ1) is 13.8. The van der Waals surface area contributed by atoms with Gasteiger partial charge in [-0.3, -0.25) is 9.59 Å². The number of benzene rings is 2. The summed E-state index contributed by atoms with van der Waals surface area (Å²) in [5, 5.41) is 5.57. The van der Waals surface area contributed by atoms with Gasteiger partial charge in [-0.2, -0.15) is 4.31 Å². The van der Waals surface area contributed by atoms with Gasteiger partial charge in [-0.05, 0) is 49.6 Å². The van der Waals surface area contributed by atoms with Crippen LogP contribution in [0.2, 0.25) is 5.02 Å². The first kappa shape index (κ1) is 21.3. The summed E-state index contributed by atoms with van der Waals surface area (Å²) in [6, 6.07) is 12.4. The fourth-order valence-electron chi connectivity index (χ4n) is 3.22. The van der Waals surface area contributed by atoms with Crippen molar-refractivity contribution in [2.75, 3.05) is 18.4 Å². The minimum Gasteiger partial charge on any atom is -0.346 e. The van der Waals surface area contributed by atoms with Gasteiger partial charge in [-0.15, -0.1) is 0 Å². The molecular weight excluding hydrogens is 414 g/mol. The Hall–Kier alpha value is -2.42. The highest BCUT2D eigenvalue weighted by molar-refractivity contribution is 7.89. The first-order valence-corrected chi connectivity index (χ1v) is 11.0. The van der Waals surface area contributed by atoms with E-state index in [9.17, 15) is 18.0 Å². The molecule has 0 bridgehead atoms. The Labute approximate surface area is 175 Å². The quantitative estimate of drug-likeness (QED) is 0.728. The molecule has 2 amide bonds. The molecule has 2 aromatic rings. The Morgan fingerprint density at radius 1 is 1.17 bits per heavy atom. The Morgan fingerprint density at radius 3 is 2.59 bits per heavy atom. The molecule has 0 saturated carbocycles. The van der Waals surface area contributed by atoms with Gasteiger partial charge in [0, 0.05) is 6.54 Å². The lowest BCUT2D eigenvalue weighted by Gasteiger charge is -2.23. The second kappa shape index (κ2) is 8.94. The van der Waals surface area contributed by atoms with E-state index < -0.39 is 27.9 Å². The maximum absolute atomic E-state index is 12.8. The molecule has 1 aliphatic rings. The van der Waals surface area contributed by atoms with E-state index in [-0.39, 0.29) is 18.0 Å². The smallest absolute Gasteiger partial charge is 0.243 e. The predicted molar refractivity (Wildman–Crippen MR) is 111 cm³/mol. The second-order valence-electron chi connectivity index (χ2n) is 6.84. The van der Waals surface area contributed by atoms with Gasteiger partial charge in [0.2, 0.25) is 21.8 Å². The first-order valence-electron chi connectivity index (χ1n) is 9.19. The summed E-state index contributed by atoms with van der Waals surface area (Å²) in [5.41, 5.74) is 1.41. The highest BCUT2D eigenvalue weighted by Gasteiger charge is 2.39. The van der Waals surface area contributed by atoms with Gasteiger partial charge < -0.3 is 10.6 Å². The number of sulfonamides is 1. The maximum Gasteiger partial charge on any atom is 0.243 e. The molecule has 2 N–H and O–H groups in total. The van der Waals surface area contributed by atoms with Gasteiger partial charge in [-0.1, -0.05) is 35.9 Å². The van der Waals surface area contributed by atoms with E-state index >= 15 is 0 Å². The third-order valence-electron chi connectivity index (χ3n) is 4.68. The standard InChI is InChI=1S/C20H22ClN3O4S/c1-14-9-10-17(16(21)12-14)23-19(25)13-22-20(26)18-8-5-11-24(18)29(27,28)15-6-3-2-4-7-15/h2-4,6-7,9-10,12,18H,5,8,11,13H2,1H3,(H,22,26)(H,23,25). The largest absolute Gasteiger partial charge is 0.346 e. The molecule has 29 heavy (non-hydrogen) atoms. The van der Waals surface area contributed by atoms with Gasteiger partial charge in [0.1, 0.15) is 6.04 Å². The average Bonchev–Trinajstić information content (AvgIpc) is 3.20. The number of rotatable bonds is 6. The van der Waals surface area contributed by atoms with Crippen LogP contribution < -0.4 is 10.6 Å². The number of carbonyl (C=O) groups is 2. The van der Waals surface area contributed by atoms with Crippen LogP contribution in [-0.2, 0) is 19.6 Å². The zero-order chi connectivity index (χ0) is 21.0. The Morgan fingerprint density at radius 2 is 1.90 bits per heavy atom. The lowest BCUT2D eigenvalue weighted by atomic mass is 10.2. The number of hydrogen-bond acceptors (Lipinski definition) is 4. The number of halogens is 1. The normalized spacial score (nSPS) is 17.1. The van der Waals surface area contributed by atoms with Crippen molar-refractivity contribution >= 4 is 39.1 Å². The van der Waals surface area contributed by atoms with Crippen molar-refractivity contribution in [3.05, 3.63) is 59.1 Å². The fraction of sp³-hybridized carbons (Fsp3) is 0.300. The molecular formula is C20H22ClN3O4S. The van der Waals surface area contributed by atoms with Crippen molar-refractivity contribution in [1.29, 1.82) is 0 Å².